The third-order valence-electron chi connectivity index (χ3n) is 7.68. The zero-order valence-corrected chi connectivity index (χ0v) is 29.2. The highest BCUT2D eigenvalue weighted by atomic mass is 31.3. The molecule has 0 saturated carbocycles. The van der Waals surface area contributed by atoms with Crippen LogP contribution in [0.3, 0.4) is 0 Å². The van der Waals surface area contributed by atoms with E-state index in [1.807, 2.05) is 0 Å². The molecule has 27 nitrogen and oxygen atoms in total. The summed E-state index contributed by atoms with van der Waals surface area (Å²) in [4.78, 5) is 64.9. The topological polar surface area (TPSA) is 396 Å². The van der Waals surface area contributed by atoms with E-state index in [0.717, 1.165) is 17.2 Å². The van der Waals surface area contributed by atoms with Crippen LogP contribution >= 0.6 is 23.1 Å². The SMILES string of the molecule is BP(=O)(OP(=O)(O)OC[C@H]1O[C@@H](n2cnc3c(=O)[nH]c(N)nc32)[C@H](O)[C@@H]1O)OP(=O)(O)OC[C@H]1O[C@@H](n2cnc3c(=O)[nH]c(N)nc32)[C@H](OC)[C@@H]1O. The first-order valence-corrected chi connectivity index (χ1v) is 19.5. The van der Waals surface area contributed by atoms with E-state index >= 15 is 0 Å². The molecule has 4 aromatic heterocycles. The van der Waals surface area contributed by atoms with E-state index in [2.05, 4.69) is 38.5 Å². The monoisotopic (exact) mass is 798 g/mol. The van der Waals surface area contributed by atoms with Gasteiger partial charge in [0.15, 0.2) is 34.8 Å². The quantitative estimate of drug-likeness (QED) is 0.0464. The first-order valence-electron chi connectivity index (χ1n) is 14.6. The van der Waals surface area contributed by atoms with Gasteiger partial charge in [-0.1, -0.05) is 0 Å². The van der Waals surface area contributed by atoms with Crippen LogP contribution in [-0.4, -0.2) is 129 Å². The number of nitrogens with zero attached hydrogens (tertiary/aromatic N) is 6. The molecule has 2 fully saturated rings. The predicted molar refractivity (Wildman–Crippen MR) is 172 cm³/mol. The number of aliphatic hydroxyl groups is 3. The zero-order valence-electron chi connectivity index (χ0n) is 26.5. The first kappa shape index (κ1) is 38.3. The van der Waals surface area contributed by atoms with E-state index in [1.54, 1.807) is 0 Å². The second-order valence-electron chi connectivity index (χ2n) is 11.3. The lowest BCUT2D eigenvalue weighted by Gasteiger charge is -2.22. The summed E-state index contributed by atoms with van der Waals surface area (Å²) in [6.07, 6.45) is -9.50. The van der Waals surface area contributed by atoms with Crippen LogP contribution in [-0.2, 0) is 45.6 Å². The van der Waals surface area contributed by atoms with E-state index in [-0.39, 0.29) is 34.2 Å². The summed E-state index contributed by atoms with van der Waals surface area (Å²) in [6.45, 7) is -1.87. The third kappa shape index (κ3) is 7.63. The molecule has 0 aliphatic carbocycles. The number of aliphatic hydroxyl groups excluding tert-OH is 3. The third-order valence-corrected chi connectivity index (χ3v) is 12.7. The van der Waals surface area contributed by atoms with Crippen molar-refractivity contribution < 1.29 is 70.7 Å². The number of H-pyrrole nitrogens is 2. The maximum absolute atomic E-state index is 12.9. The Morgan fingerprint density at radius 2 is 1.25 bits per heavy atom. The predicted octanol–water partition coefficient (Wildman–Crippen LogP) is -3.68. The second kappa shape index (κ2) is 14.1. The van der Waals surface area contributed by atoms with Crippen LogP contribution in [0.1, 0.15) is 12.5 Å². The smallest absolute Gasteiger partial charge is 0.387 e. The Morgan fingerprint density at radius 1 is 0.808 bits per heavy atom. The summed E-state index contributed by atoms with van der Waals surface area (Å²) >= 11 is 0. The van der Waals surface area contributed by atoms with Gasteiger partial charge in [0.25, 0.3) is 26.2 Å². The van der Waals surface area contributed by atoms with Gasteiger partial charge in [0, 0.05) is 7.11 Å². The van der Waals surface area contributed by atoms with Gasteiger partial charge in [0.05, 0.1) is 25.9 Å². The molecule has 0 radical (unpaired) electrons. The largest absolute Gasteiger partial charge is 0.478 e. The van der Waals surface area contributed by atoms with Crippen molar-refractivity contribution in [3.63, 3.8) is 0 Å². The van der Waals surface area contributed by atoms with Crippen LogP contribution in [0.5, 0.6) is 0 Å². The maximum atomic E-state index is 12.9. The standard InChI is InChI=1S/C21H30BN10O17P3/c1-43-13-11(34)7(47-19(13)32-5-26-9-15(32)28-21(24)30-17(9)37)3-45-52(41,42)49-50(22,38)48-51(39,40)44-2-6-10(33)12(35)18(46-6)31-4-25-8-14(31)27-20(23)29-16(8)36/h4-7,10-13,18-19,33-35H,2-3,22H2,1H3,(H,39,40)(H,41,42)(H3,23,27,29,36)(H3,24,28,30,37)/t6-,7-,10-,11-,12-,13-,18-,19-,50?/m1/s1. The number of anilines is 2. The molecule has 2 aliphatic heterocycles. The highest BCUT2D eigenvalue weighted by Crippen LogP contribution is 2.67. The zero-order chi connectivity index (χ0) is 37.9. The van der Waals surface area contributed by atoms with Crippen molar-refractivity contribution >= 4 is 64.9 Å². The van der Waals surface area contributed by atoms with Crippen molar-refractivity contribution in [3.8, 4) is 0 Å². The molecule has 11 N–H and O–H groups in total. The number of phosphoric ester groups is 2. The van der Waals surface area contributed by atoms with Gasteiger partial charge in [0.1, 0.15) is 36.6 Å². The van der Waals surface area contributed by atoms with E-state index in [0.29, 0.717) is 7.57 Å². The lowest BCUT2D eigenvalue weighted by Crippen LogP contribution is -2.35. The number of hydrogen-bond acceptors (Lipinski definition) is 21. The number of nitrogens with one attached hydrogen (secondary N) is 2. The Balaban J connectivity index is 1.05. The van der Waals surface area contributed by atoms with Crippen LogP contribution in [0, 0.1) is 0 Å². The summed E-state index contributed by atoms with van der Waals surface area (Å²) < 4.78 is 75.7. The first-order chi connectivity index (χ1) is 24.3. The van der Waals surface area contributed by atoms with Gasteiger partial charge in [-0.3, -0.25) is 42.3 Å². The average Bonchev–Trinajstić information content (AvgIpc) is 3.78. The van der Waals surface area contributed by atoms with Gasteiger partial charge in [-0.15, -0.1) is 0 Å². The molecule has 0 spiro atoms. The molecule has 6 heterocycles. The number of hydrogen-bond donors (Lipinski definition) is 9. The summed E-state index contributed by atoms with van der Waals surface area (Å²) in [5.74, 6) is -0.523. The molecule has 4 aromatic rings. The molecule has 31 heteroatoms. The fourth-order valence-electron chi connectivity index (χ4n) is 5.46. The summed E-state index contributed by atoms with van der Waals surface area (Å²) in [5.41, 5.74) is 9.40. The number of phosphoric acid groups is 2. The number of methoxy groups -OCH3 is 1. The van der Waals surface area contributed by atoms with Gasteiger partial charge in [-0.05, 0) is 0 Å². The number of imidazole rings is 2. The summed E-state index contributed by atoms with van der Waals surface area (Å²) in [7, 11) is -14.1. The van der Waals surface area contributed by atoms with Gasteiger partial charge < -0.3 is 50.8 Å². The molecule has 2 saturated heterocycles. The second-order valence-corrected chi connectivity index (χ2v) is 16.6. The fourth-order valence-corrected chi connectivity index (χ4v) is 9.90. The van der Waals surface area contributed by atoms with Gasteiger partial charge >= 0.3 is 15.6 Å². The van der Waals surface area contributed by atoms with Crippen LogP contribution in [0.15, 0.2) is 22.2 Å². The van der Waals surface area contributed by atoms with Crippen LogP contribution in [0.25, 0.3) is 22.3 Å². The molecular weight excluding hydrogens is 768 g/mol. The number of nitrogen functional groups attached to an aromatic ring is 2. The van der Waals surface area contributed by atoms with Gasteiger partial charge in [-0.2, -0.15) is 9.97 Å². The molecule has 284 valence electrons. The van der Waals surface area contributed by atoms with E-state index < -0.39 is 96.5 Å². The minimum Gasteiger partial charge on any atom is -0.387 e. The van der Waals surface area contributed by atoms with E-state index in [1.165, 1.54) is 11.7 Å². The number of nitrogens with two attached hydrogens (primary N) is 2. The molecule has 0 amide bonds. The summed E-state index contributed by atoms with van der Waals surface area (Å²) in [5, 5.41) is 31.8. The van der Waals surface area contributed by atoms with Gasteiger partial charge in [0.2, 0.25) is 11.9 Å². The molecule has 3 unspecified atom stereocenters. The van der Waals surface area contributed by atoms with Crippen LogP contribution in [0.2, 0.25) is 0 Å². The Labute approximate surface area is 288 Å². The van der Waals surface area contributed by atoms with Crippen molar-refractivity contribution in [2.45, 2.75) is 49.1 Å². The normalized spacial score (nSPS) is 30.0. The molecule has 0 bridgehead atoms. The van der Waals surface area contributed by atoms with Crippen molar-refractivity contribution in [1.82, 2.24) is 39.0 Å². The molecule has 2 aliphatic rings. The van der Waals surface area contributed by atoms with Crippen molar-refractivity contribution in [2.75, 3.05) is 31.8 Å². The van der Waals surface area contributed by atoms with Gasteiger partial charge in [-0.25, -0.2) is 27.7 Å². The Bertz CT molecular complexity index is 2250. The fraction of sp³-hybridized carbons (Fsp3) is 0.524. The number of aromatic amines is 2. The lowest BCUT2D eigenvalue weighted by atomic mass is 10.1. The molecule has 11 atom stereocenters. The maximum Gasteiger partial charge on any atom is 0.478 e. The number of fused-ring (bicyclic) bond motifs is 2. The van der Waals surface area contributed by atoms with Crippen molar-refractivity contribution in [2.24, 2.45) is 0 Å². The number of ether oxygens (including phenoxy) is 3. The van der Waals surface area contributed by atoms with Crippen molar-refractivity contribution in [3.05, 3.63) is 33.4 Å². The minimum atomic E-state index is -5.43. The molecular formula is C21H30BN10O17P3. The van der Waals surface area contributed by atoms with E-state index in [9.17, 15) is 48.4 Å². The Morgan fingerprint density at radius 3 is 1.73 bits per heavy atom. The molecule has 6 rings (SSSR count). The lowest BCUT2D eigenvalue weighted by molar-refractivity contribution is -0.0576. The molecule has 0 aromatic carbocycles. The number of rotatable bonds is 13. The number of aromatic nitrogens is 8. The highest BCUT2D eigenvalue weighted by Gasteiger charge is 2.49. The Kier molecular flexibility index (Phi) is 10.4. The minimum absolute atomic E-state index is 0.0320. The van der Waals surface area contributed by atoms with E-state index in [4.69, 9.17) is 34.7 Å². The summed E-state index contributed by atoms with van der Waals surface area (Å²) in [6, 6.07) is 0. The average molecular weight is 798 g/mol. The van der Waals surface area contributed by atoms with Crippen molar-refractivity contribution in [1.29, 1.82) is 0 Å². The van der Waals surface area contributed by atoms with Crippen LogP contribution < -0.4 is 22.6 Å². The van der Waals surface area contributed by atoms with Crippen LogP contribution in [0.4, 0.5) is 11.9 Å². The Hall–Kier alpha value is -3.43. The highest BCUT2D eigenvalue weighted by molar-refractivity contribution is 7.86. The molecule has 52 heavy (non-hydrogen) atoms.